The van der Waals surface area contributed by atoms with Gasteiger partial charge in [0.05, 0.1) is 38.7 Å². The Bertz CT molecular complexity index is 1300. The lowest BCUT2D eigenvalue weighted by atomic mass is 10.1. The quantitative estimate of drug-likeness (QED) is 0.461. The van der Waals surface area contributed by atoms with E-state index >= 15 is 0 Å². The summed E-state index contributed by atoms with van der Waals surface area (Å²) in [7, 11) is -0.355. The van der Waals surface area contributed by atoms with Gasteiger partial charge in [-0.1, -0.05) is 24.3 Å². The largest absolute Gasteiger partial charge is 0.493 e. The third kappa shape index (κ3) is 6.33. The maximum atomic E-state index is 12.8. The molecular formula is C27H32N2O5S. The molecule has 8 heteroatoms. The Morgan fingerprint density at radius 2 is 1.57 bits per heavy atom. The van der Waals surface area contributed by atoms with Crippen molar-refractivity contribution in [1.82, 2.24) is 5.32 Å². The normalized spacial score (nSPS) is 12.1. The lowest BCUT2D eigenvalue weighted by Gasteiger charge is -2.23. The molecule has 3 aromatic carbocycles. The molecule has 0 fully saturated rings. The van der Waals surface area contributed by atoms with Crippen molar-refractivity contribution in [3.63, 3.8) is 0 Å². The number of carbonyl (C=O) groups is 1. The summed E-state index contributed by atoms with van der Waals surface area (Å²) in [5.41, 5.74) is 4.87. The number of methoxy groups -OCH3 is 2. The van der Waals surface area contributed by atoms with Crippen LogP contribution >= 0.6 is 0 Å². The van der Waals surface area contributed by atoms with Crippen LogP contribution in [0.25, 0.3) is 0 Å². The van der Waals surface area contributed by atoms with Crippen LogP contribution in [0, 0.1) is 13.8 Å². The van der Waals surface area contributed by atoms with E-state index in [9.17, 15) is 13.2 Å². The third-order valence-electron chi connectivity index (χ3n) is 5.98. The SMILES string of the molecule is COc1ccc(C(C)NC(=O)c2ccc(CN(c3ccc(C)c(C)c3)S(C)(=O)=O)cc2)cc1OC. The molecule has 0 bridgehead atoms. The van der Waals surface area contributed by atoms with Crippen LogP contribution < -0.4 is 19.1 Å². The molecular weight excluding hydrogens is 464 g/mol. The number of nitrogens with one attached hydrogen (secondary N) is 1. The highest BCUT2D eigenvalue weighted by Crippen LogP contribution is 2.30. The van der Waals surface area contributed by atoms with Gasteiger partial charge in [0.2, 0.25) is 10.0 Å². The molecule has 0 saturated carbocycles. The van der Waals surface area contributed by atoms with Crippen LogP contribution in [-0.4, -0.2) is 34.8 Å². The summed E-state index contributed by atoms with van der Waals surface area (Å²) >= 11 is 0. The second kappa shape index (κ2) is 10.8. The zero-order chi connectivity index (χ0) is 25.8. The number of hydrogen-bond acceptors (Lipinski definition) is 5. The van der Waals surface area contributed by atoms with Crippen molar-refractivity contribution in [2.24, 2.45) is 0 Å². The second-order valence-corrected chi connectivity index (χ2v) is 10.5. The van der Waals surface area contributed by atoms with Crippen molar-refractivity contribution >= 4 is 21.6 Å². The van der Waals surface area contributed by atoms with Crippen LogP contribution in [0.4, 0.5) is 5.69 Å². The van der Waals surface area contributed by atoms with Gasteiger partial charge in [0.25, 0.3) is 5.91 Å². The molecule has 1 N–H and O–H groups in total. The number of sulfonamides is 1. The molecule has 0 saturated heterocycles. The Balaban J connectivity index is 1.73. The van der Waals surface area contributed by atoms with Crippen molar-refractivity contribution in [1.29, 1.82) is 0 Å². The van der Waals surface area contributed by atoms with E-state index < -0.39 is 10.0 Å². The minimum atomic E-state index is -3.49. The van der Waals surface area contributed by atoms with Crippen LogP contribution in [0.1, 0.15) is 45.6 Å². The number of rotatable bonds is 9. The average molecular weight is 497 g/mol. The van der Waals surface area contributed by atoms with Crippen molar-refractivity contribution in [2.45, 2.75) is 33.4 Å². The van der Waals surface area contributed by atoms with E-state index in [1.54, 1.807) is 50.6 Å². The standard InChI is InChI=1S/C27H32N2O5S/c1-18-7-13-24(15-19(18)2)29(35(6,31)32)17-21-8-10-22(11-9-21)27(30)28-20(3)23-12-14-25(33-4)26(16-23)34-5/h7-16,20H,17H2,1-6H3,(H,28,30). The number of aryl methyl sites for hydroxylation is 2. The molecule has 0 spiro atoms. The summed E-state index contributed by atoms with van der Waals surface area (Å²) in [6, 6.07) is 17.8. The first-order chi connectivity index (χ1) is 16.5. The zero-order valence-corrected chi connectivity index (χ0v) is 21.8. The molecule has 35 heavy (non-hydrogen) atoms. The molecule has 1 amide bonds. The molecule has 1 unspecified atom stereocenters. The van der Waals surface area contributed by atoms with E-state index in [1.165, 1.54) is 10.6 Å². The first-order valence-electron chi connectivity index (χ1n) is 11.2. The van der Waals surface area contributed by atoms with Gasteiger partial charge in [0, 0.05) is 5.56 Å². The summed E-state index contributed by atoms with van der Waals surface area (Å²) in [5.74, 6) is 0.983. The predicted molar refractivity (Wildman–Crippen MR) is 139 cm³/mol. The van der Waals surface area contributed by atoms with E-state index in [4.69, 9.17) is 9.47 Å². The highest BCUT2D eigenvalue weighted by molar-refractivity contribution is 7.92. The zero-order valence-electron chi connectivity index (χ0n) is 21.0. The van der Waals surface area contributed by atoms with Crippen LogP contribution in [-0.2, 0) is 16.6 Å². The third-order valence-corrected chi connectivity index (χ3v) is 7.12. The van der Waals surface area contributed by atoms with Crippen LogP contribution in [0.15, 0.2) is 60.7 Å². The number of amides is 1. The fourth-order valence-electron chi connectivity index (χ4n) is 3.69. The van der Waals surface area contributed by atoms with Crippen molar-refractivity contribution < 1.29 is 22.7 Å². The van der Waals surface area contributed by atoms with Gasteiger partial charge in [-0.15, -0.1) is 0 Å². The van der Waals surface area contributed by atoms with Gasteiger partial charge >= 0.3 is 0 Å². The van der Waals surface area contributed by atoms with Gasteiger partial charge in [-0.25, -0.2) is 8.42 Å². The minimum absolute atomic E-state index is 0.172. The van der Waals surface area contributed by atoms with Crippen molar-refractivity contribution in [3.05, 3.63) is 88.5 Å². The highest BCUT2D eigenvalue weighted by atomic mass is 32.2. The first-order valence-corrected chi connectivity index (χ1v) is 13.0. The van der Waals surface area contributed by atoms with E-state index in [1.807, 2.05) is 45.0 Å². The van der Waals surface area contributed by atoms with Crippen LogP contribution in [0.2, 0.25) is 0 Å². The Hall–Kier alpha value is -3.52. The molecule has 3 aromatic rings. The molecule has 0 aliphatic rings. The molecule has 1 atom stereocenters. The van der Waals surface area contributed by atoms with Crippen LogP contribution in [0.5, 0.6) is 11.5 Å². The molecule has 0 aliphatic heterocycles. The van der Waals surface area contributed by atoms with E-state index in [0.717, 1.165) is 22.3 Å². The van der Waals surface area contributed by atoms with Crippen molar-refractivity contribution in [3.8, 4) is 11.5 Å². The lowest BCUT2D eigenvalue weighted by Crippen LogP contribution is -2.29. The summed E-state index contributed by atoms with van der Waals surface area (Å²) in [6.07, 6.45) is 1.19. The number of benzene rings is 3. The average Bonchev–Trinajstić information content (AvgIpc) is 2.83. The molecule has 0 aromatic heterocycles. The summed E-state index contributed by atoms with van der Waals surface area (Å²) in [4.78, 5) is 12.8. The molecule has 3 rings (SSSR count). The predicted octanol–water partition coefficient (Wildman–Crippen LogP) is 4.78. The van der Waals surface area contributed by atoms with E-state index in [-0.39, 0.29) is 18.5 Å². The smallest absolute Gasteiger partial charge is 0.251 e. The monoisotopic (exact) mass is 496 g/mol. The van der Waals surface area contributed by atoms with E-state index in [0.29, 0.717) is 22.7 Å². The Labute approximate surface area is 207 Å². The highest BCUT2D eigenvalue weighted by Gasteiger charge is 2.19. The maximum Gasteiger partial charge on any atom is 0.251 e. The maximum absolute atomic E-state index is 12.8. The fourth-order valence-corrected chi connectivity index (χ4v) is 4.57. The lowest BCUT2D eigenvalue weighted by molar-refractivity contribution is 0.0940. The summed E-state index contributed by atoms with van der Waals surface area (Å²) in [6.45, 7) is 6.00. The Kier molecular flexibility index (Phi) is 8.07. The molecule has 0 heterocycles. The summed E-state index contributed by atoms with van der Waals surface area (Å²) < 4.78 is 37.0. The van der Waals surface area contributed by atoms with Crippen molar-refractivity contribution in [2.75, 3.05) is 24.8 Å². The second-order valence-electron chi connectivity index (χ2n) is 8.54. The van der Waals surface area contributed by atoms with Gasteiger partial charge < -0.3 is 14.8 Å². The van der Waals surface area contributed by atoms with Gasteiger partial charge in [-0.2, -0.15) is 0 Å². The number of anilines is 1. The number of carbonyl (C=O) groups excluding carboxylic acids is 1. The van der Waals surface area contributed by atoms with E-state index in [2.05, 4.69) is 5.32 Å². The minimum Gasteiger partial charge on any atom is -0.493 e. The number of hydrogen-bond donors (Lipinski definition) is 1. The Morgan fingerprint density at radius 1 is 0.914 bits per heavy atom. The van der Waals surface area contributed by atoms with Gasteiger partial charge in [-0.3, -0.25) is 9.10 Å². The number of nitrogens with zero attached hydrogens (tertiary/aromatic N) is 1. The molecule has 0 aliphatic carbocycles. The topological polar surface area (TPSA) is 84.9 Å². The van der Waals surface area contributed by atoms with Gasteiger partial charge in [0.15, 0.2) is 11.5 Å². The van der Waals surface area contributed by atoms with Crippen LogP contribution in [0.3, 0.4) is 0 Å². The molecule has 0 radical (unpaired) electrons. The summed E-state index contributed by atoms with van der Waals surface area (Å²) in [5, 5.41) is 2.98. The van der Waals surface area contributed by atoms with Gasteiger partial charge in [-0.05, 0) is 79.4 Å². The Morgan fingerprint density at radius 3 is 2.14 bits per heavy atom. The molecule has 186 valence electrons. The number of ether oxygens (including phenoxy) is 2. The first kappa shape index (κ1) is 26.1. The fraction of sp³-hybridized carbons (Fsp3) is 0.296. The molecule has 7 nitrogen and oxygen atoms in total. The van der Waals surface area contributed by atoms with Gasteiger partial charge in [0.1, 0.15) is 0 Å².